The molecular weight excluding hydrogens is 299 g/mol. The van der Waals surface area contributed by atoms with Gasteiger partial charge >= 0.3 is 0 Å². The van der Waals surface area contributed by atoms with Crippen LogP contribution in [0.1, 0.15) is 23.3 Å². The number of carbonyl (C=O) groups excluding carboxylic acids is 1. The van der Waals surface area contributed by atoms with Crippen LogP contribution in [0.5, 0.6) is 0 Å². The Morgan fingerprint density at radius 2 is 2.13 bits per heavy atom. The summed E-state index contributed by atoms with van der Waals surface area (Å²) in [7, 11) is 0. The summed E-state index contributed by atoms with van der Waals surface area (Å²) < 4.78 is 19.0. The molecule has 23 heavy (non-hydrogen) atoms. The molecule has 1 saturated heterocycles. The third-order valence-corrected chi connectivity index (χ3v) is 3.55. The first kappa shape index (κ1) is 15.4. The number of hydrogen-bond donors (Lipinski definition) is 2. The highest BCUT2D eigenvalue weighted by atomic mass is 19.1. The number of benzene rings is 1. The number of carbonyl (C=O) groups is 1. The number of hydrogen-bond acceptors (Lipinski definition) is 5. The molecule has 1 unspecified atom stereocenters. The summed E-state index contributed by atoms with van der Waals surface area (Å²) in [4.78, 5) is 12.0. The summed E-state index contributed by atoms with van der Waals surface area (Å²) in [6.07, 6.45) is 2.30. The van der Waals surface area contributed by atoms with Crippen LogP contribution in [0.2, 0.25) is 0 Å². The molecule has 2 heterocycles. The van der Waals surface area contributed by atoms with Gasteiger partial charge < -0.3 is 15.4 Å². The average Bonchev–Trinajstić information content (AvgIpc) is 3.09. The van der Waals surface area contributed by atoms with Crippen molar-refractivity contribution in [2.24, 2.45) is 0 Å². The molecule has 1 aromatic carbocycles. The number of para-hydroxylation sites is 1. The first-order valence-electron chi connectivity index (χ1n) is 7.47. The minimum atomic E-state index is -0.506. The predicted octanol–water partition coefficient (Wildman–Crippen LogP) is 2.46. The number of rotatable bonds is 5. The Labute approximate surface area is 133 Å². The first-order valence-corrected chi connectivity index (χ1v) is 7.47. The highest BCUT2D eigenvalue weighted by Crippen LogP contribution is 2.14. The Morgan fingerprint density at radius 1 is 1.26 bits per heavy atom. The largest absolute Gasteiger partial charge is 0.376 e. The quantitative estimate of drug-likeness (QED) is 0.886. The van der Waals surface area contributed by atoms with E-state index in [1.165, 1.54) is 12.1 Å². The average molecular weight is 316 g/mol. The number of aromatic nitrogens is 2. The molecule has 1 aliphatic heterocycles. The molecule has 1 fully saturated rings. The van der Waals surface area contributed by atoms with E-state index < -0.39 is 11.7 Å². The highest BCUT2D eigenvalue weighted by molar-refractivity contribution is 6.02. The minimum absolute atomic E-state index is 0.111. The van der Waals surface area contributed by atoms with Crippen LogP contribution in [0, 0.1) is 5.82 Å². The van der Waals surface area contributed by atoms with Crippen LogP contribution < -0.4 is 10.6 Å². The van der Waals surface area contributed by atoms with Crippen LogP contribution in [-0.4, -0.2) is 35.4 Å². The smallest absolute Gasteiger partial charge is 0.276 e. The molecule has 0 bridgehead atoms. The van der Waals surface area contributed by atoms with Crippen molar-refractivity contribution < 1.29 is 13.9 Å². The van der Waals surface area contributed by atoms with Gasteiger partial charge in [0.25, 0.3) is 5.91 Å². The van der Waals surface area contributed by atoms with Crippen molar-refractivity contribution in [1.82, 2.24) is 10.2 Å². The maximum Gasteiger partial charge on any atom is 0.276 e. The molecule has 120 valence electrons. The lowest BCUT2D eigenvalue weighted by Gasteiger charge is -2.11. The van der Waals surface area contributed by atoms with Gasteiger partial charge in [-0.1, -0.05) is 12.1 Å². The van der Waals surface area contributed by atoms with Gasteiger partial charge in [-0.2, -0.15) is 0 Å². The zero-order chi connectivity index (χ0) is 16.1. The molecular formula is C16H17FN4O2. The lowest BCUT2D eigenvalue weighted by molar-refractivity contribution is 0.102. The molecule has 2 aromatic rings. The van der Waals surface area contributed by atoms with Crippen LogP contribution in [0.15, 0.2) is 36.4 Å². The molecule has 0 saturated carbocycles. The second-order valence-electron chi connectivity index (χ2n) is 5.25. The maximum absolute atomic E-state index is 13.5. The van der Waals surface area contributed by atoms with E-state index in [2.05, 4.69) is 20.8 Å². The molecule has 0 radical (unpaired) electrons. The van der Waals surface area contributed by atoms with Gasteiger partial charge in [0, 0.05) is 13.2 Å². The van der Waals surface area contributed by atoms with E-state index >= 15 is 0 Å². The van der Waals surface area contributed by atoms with Crippen LogP contribution in [0.3, 0.4) is 0 Å². The molecule has 1 aliphatic rings. The lowest BCUT2D eigenvalue weighted by Crippen LogP contribution is -2.20. The van der Waals surface area contributed by atoms with Crippen LogP contribution in [0.25, 0.3) is 0 Å². The van der Waals surface area contributed by atoms with E-state index in [1.54, 1.807) is 24.3 Å². The monoisotopic (exact) mass is 316 g/mol. The van der Waals surface area contributed by atoms with Crippen molar-refractivity contribution in [3.8, 4) is 0 Å². The lowest BCUT2D eigenvalue weighted by atomic mass is 10.2. The Hall–Kier alpha value is -2.54. The van der Waals surface area contributed by atoms with Crippen molar-refractivity contribution in [3.05, 3.63) is 47.9 Å². The summed E-state index contributed by atoms with van der Waals surface area (Å²) in [6.45, 7) is 1.46. The van der Waals surface area contributed by atoms with Gasteiger partial charge in [0.15, 0.2) is 5.69 Å². The van der Waals surface area contributed by atoms with Crippen molar-refractivity contribution >= 4 is 17.4 Å². The number of anilines is 2. The molecule has 0 aliphatic carbocycles. The van der Waals surface area contributed by atoms with E-state index in [4.69, 9.17) is 4.74 Å². The Balaban J connectivity index is 1.57. The number of nitrogens with zero attached hydrogens (tertiary/aromatic N) is 2. The standard InChI is InChI=1S/C16H17FN4O2/c17-12-5-1-2-6-13(12)19-16(22)14-7-8-15(21-20-14)18-10-11-4-3-9-23-11/h1-2,5-8,11H,3-4,9-10H2,(H,18,21)(H,19,22). The van der Waals surface area contributed by atoms with Gasteiger partial charge in [-0.05, 0) is 37.1 Å². The predicted molar refractivity (Wildman–Crippen MR) is 83.8 cm³/mol. The van der Waals surface area contributed by atoms with Crippen LogP contribution in [-0.2, 0) is 4.74 Å². The topological polar surface area (TPSA) is 76.1 Å². The molecule has 1 atom stereocenters. The number of ether oxygens (including phenoxy) is 1. The van der Waals surface area contributed by atoms with E-state index in [9.17, 15) is 9.18 Å². The Kier molecular flexibility index (Phi) is 4.77. The van der Waals surface area contributed by atoms with E-state index in [-0.39, 0.29) is 17.5 Å². The summed E-state index contributed by atoms with van der Waals surface area (Å²) in [5.74, 6) is -0.431. The van der Waals surface area contributed by atoms with Crippen molar-refractivity contribution in [2.45, 2.75) is 18.9 Å². The van der Waals surface area contributed by atoms with Gasteiger partial charge in [-0.3, -0.25) is 4.79 Å². The van der Waals surface area contributed by atoms with Crippen molar-refractivity contribution in [2.75, 3.05) is 23.8 Å². The van der Waals surface area contributed by atoms with E-state index in [0.29, 0.717) is 12.4 Å². The fourth-order valence-corrected chi connectivity index (χ4v) is 2.32. The molecule has 1 amide bonds. The van der Waals surface area contributed by atoms with Crippen molar-refractivity contribution in [3.63, 3.8) is 0 Å². The number of nitrogens with one attached hydrogen (secondary N) is 2. The second kappa shape index (κ2) is 7.15. The van der Waals surface area contributed by atoms with Gasteiger partial charge in [0.05, 0.1) is 11.8 Å². The normalized spacial score (nSPS) is 17.0. The Morgan fingerprint density at radius 3 is 2.83 bits per heavy atom. The van der Waals surface area contributed by atoms with Gasteiger partial charge in [-0.15, -0.1) is 10.2 Å². The summed E-state index contributed by atoms with van der Waals surface area (Å²) in [5.41, 5.74) is 0.232. The molecule has 0 spiro atoms. The SMILES string of the molecule is O=C(Nc1ccccc1F)c1ccc(NCC2CCCO2)nn1. The number of halogens is 1. The molecule has 1 aromatic heterocycles. The van der Waals surface area contributed by atoms with Gasteiger partial charge in [0.1, 0.15) is 11.6 Å². The number of amides is 1. The fraction of sp³-hybridized carbons (Fsp3) is 0.312. The summed E-state index contributed by atoms with van der Waals surface area (Å²) >= 11 is 0. The van der Waals surface area contributed by atoms with Crippen LogP contribution >= 0.6 is 0 Å². The molecule has 6 nitrogen and oxygen atoms in total. The molecule has 2 N–H and O–H groups in total. The maximum atomic E-state index is 13.5. The fourth-order valence-electron chi connectivity index (χ4n) is 2.32. The third kappa shape index (κ3) is 4.01. The minimum Gasteiger partial charge on any atom is -0.376 e. The summed E-state index contributed by atoms with van der Waals surface area (Å²) in [5, 5.41) is 13.4. The molecule has 3 rings (SSSR count). The second-order valence-corrected chi connectivity index (χ2v) is 5.25. The third-order valence-electron chi connectivity index (χ3n) is 3.55. The Bertz CT molecular complexity index is 672. The van der Waals surface area contributed by atoms with Crippen molar-refractivity contribution in [1.29, 1.82) is 0 Å². The molecule has 7 heteroatoms. The van der Waals surface area contributed by atoms with Crippen LogP contribution in [0.4, 0.5) is 15.9 Å². The zero-order valence-electron chi connectivity index (χ0n) is 12.5. The van der Waals surface area contributed by atoms with Gasteiger partial charge in [-0.25, -0.2) is 4.39 Å². The van der Waals surface area contributed by atoms with E-state index in [1.807, 2.05) is 0 Å². The first-order chi connectivity index (χ1) is 11.2. The zero-order valence-corrected chi connectivity index (χ0v) is 12.5. The van der Waals surface area contributed by atoms with Gasteiger partial charge in [0.2, 0.25) is 0 Å². The highest BCUT2D eigenvalue weighted by Gasteiger charge is 2.15. The summed E-state index contributed by atoms with van der Waals surface area (Å²) in [6, 6.07) is 9.17. The van der Waals surface area contributed by atoms with E-state index in [0.717, 1.165) is 19.4 Å².